The highest BCUT2D eigenvalue weighted by Gasteiger charge is 2.16. The summed E-state index contributed by atoms with van der Waals surface area (Å²) in [6.45, 7) is 2.05. The summed E-state index contributed by atoms with van der Waals surface area (Å²) >= 11 is 1.68. The largest absolute Gasteiger partial charge is 0.497 e. The number of fused-ring (bicyclic) bond motifs is 3. The van der Waals surface area contributed by atoms with Crippen molar-refractivity contribution in [3.05, 3.63) is 48.4 Å². The van der Waals surface area contributed by atoms with Crippen molar-refractivity contribution < 1.29 is 4.74 Å². The standard InChI is InChI=1S/C16H13N3OS/c1-10-15(11-5-7-17-8-6-11)19-13-4-3-12(20-2)9-14(13)21-16(19)18-10/h3-9H,1-2H3. The highest BCUT2D eigenvalue weighted by Crippen LogP contribution is 2.35. The van der Waals surface area contributed by atoms with Crippen molar-refractivity contribution in [2.75, 3.05) is 7.11 Å². The molecule has 1 aromatic carbocycles. The number of hydrogen-bond donors (Lipinski definition) is 0. The Morgan fingerprint density at radius 1 is 1.14 bits per heavy atom. The summed E-state index contributed by atoms with van der Waals surface area (Å²) in [6.07, 6.45) is 3.62. The van der Waals surface area contributed by atoms with Crippen LogP contribution in [-0.4, -0.2) is 21.5 Å². The molecule has 4 aromatic rings. The summed E-state index contributed by atoms with van der Waals surface area (Å²) in [7, 11) is 1.69. The van der Waals surface area contributed by atoms with Crippen molar-refractivity contribution >= 4 is 26.5 Å². The predicted molar refractivity (Wildman–Crippen MR) is 85.1 cm³/mol. The summed E-state index contributed by atoms with van der Waals surface area (Å²) in [4.78, 5) is 9.80. The summed E-state index contributed by atoms with van der Waals surface area (Å²) in [5.41, 5.74) is 4.45. The van der Waals surface area contributed by atoms with E-state index in [1.165, 1.54) is 4.70 Å². The molecule has 21 heavy (non-hydrogen) atoms. The van der Waals surface area contributed by atoms with Gasteiger partial charge in [0.25, 0.3) is 0 Å². The van der Waals surface area contributed by atoms with Crippen LogP contribution in [0.25, 0.3) is 26.4 Å². The van der Waals surface area contributed by atoms with Crippen molar-refractivity contribution in [3.63, 3.8) is 0 Å². The first-order chi connectivity index (χ1) is 10.3. The fourth-order valence-corrected chi connectivity index (χ4v) is 3.73. The van der Waals surface area contributed by atoms with Gasteiger partial charge in [-0.1, -0.05) is 11.3 Å². The third kappa shape index (κ3) is 1.81. The van der Waals surface area contributed by atoms with Crippen LogP contribution in [0.5, 0.6) is 5.75 Å². The number of ether oxygens (including phenoxy) is 1. The Morgan fingerprint density at radius 2 is 1.95 bits per heavy atom. The molecule has 3 aromatic heterocycles. The minimum absolute atomic E-state index is 0.870. The Balaban J connectivity index is 2.08. The Bertz CT molecular complexity index is 940. The molecule has 0 N–H and O–H groups in total. The van der Waals surface area contributed by atoms with Gasteiger partial charge in [-0.15, -0.1) is 0 Å². The molecule has 0 atom stereocenters. The highest BCUT2D eigenvalue weighted by molar-refractivity contribution is 7.23. The summed E-state index contributed by atoms with van der Waals surface area (Å²) in [5, 5.41) is 0. The number of methoxy groups -OCH3 is 1. The van der Waals surface area contributed by atoms with Gasteiger partial charge >= 0.3 is 0 Å². The minimum Gasteiger partial charge on any atom is -0.497 e. The molecule has 0 spiro atoms. The summed E-state index contributed by atoms with van der Waals surface area (Å²) < 4.78 is 8.69. The highest BCUT2D eigenvalue weighted by atomic mass is 32.1. The lowest BCUT2D eigenvalue weighted by atomic mass is 10.1. The van der Waals surface area contributed by atoms with Crippen LogP contribution in [0, 0.1) is 6.92 Å². The number of rotatable bonds is 2. The van der Waals surface area contributed by atoms with E-state index in [9.17, 15) is 0 Å². The zero-order chi connectivity index (χ0) is 14.4. The van der Waals surface area contributed by atoms with Crippen LogP contribution in [0.2, 0.25) is 0 Å². The van der Waals surface area contributed by atoms with Gasteiger partial charge in [-0.05, 0) is 37.3 Å². The second-order valence-corrected chi connectivity index (χ2v) is 5.84. The topological polar surface area (TPSA) is 39.4 Å². The lowest BCUT2D eigenvalue weighted by molar-refractivity contribution is 0.415. The number of imidazole rings is 1. The van der Waals surface area contributed by atoms with Crippen molar-refractivity contribution in [3.8, 4) is 17.0 Å². The maximum absolute atomic E-state index is 5.30. The van der Waals surface area contributed by atoms with Crippen molar-refractivity contribution in [2.45, 2.75) is 6.92 Å². The first-order valence-corrected chi connectivity index (χ1v) is 7.45. The molecular formula is C16H13N3OS. The molecular weight excluding hydrogens is 282 g/mol. The van der Waals surface area contributed by atoms with Crippen molar-refractivity contribution in [2.24, 2.45) is 0 Å². The first-order valence-electron chi connectivity index (χ1n) is 6.64. The lowest BCUT2D eigenvalue weighted by Crippen LogP contribution is -1.89. The molecule has 0 aliphatic heterocycles. The van der Waals surface area contributed by atoms with E-state index in [0.29, 0.717) is 0 Å². The fraction of sp³-hybridized carbons (Fsp3) is 0.125. The second kappa shape index (κ2) is 4.56. The molecule has 0 aliphatic rings. The Morgan fingerprint density at radius 3 is 2.71 bits per heavy atom. The van der Waals surface area contributed by atoms with Gasteiger partial charge < -0.3 is 4.74 Å². The quantitative estimate of drug-likeness (QED) is 0.562. The lowest BCUT2D eigenvalue weighted by Gasteiger charge is -2.03. The van der Waals surface area contributed by atoms with Gasteiger partial charge in [0.1, 0.15) is 5.75 Å². The number of aromatic nitrogens is 3. The van der Waals surface area contributed by atoms with Crippen LogP contribution < -0.4 is 4.74 Å². The smallest absolute Gasteiger partial charge is 0.195 e. The molecule has 0 saturated heterocycles. The SMILES string of the molecule is COc1ccc2c(c1)sc1nc(C)c(-c3ccncc3)n12. The van der Waals surface area contributed by atoms with Crippen LogP contribution in [-0.2, 0) is 0 Å². The summed E-state index contributed by atoms with van der Waals surface area (Å²) in [5.74, 6) is 0.870. The number of hydrogen-bond acceptors (Lipinski definition) is 4. The third-order valence-corrected chi connectivity index (χ3v) is 4.59. The van der Waals surface area contributed by atoms with E-state index in [0.717, 1.165) is 33.2 Å². The van der Waals surface area contributed by atoms with E-state index in [4.69, 9.17) is 9.72 Å². The molecule has 0 bridgehead atoms. The number of nitrogens with zero attached hydrogens (tertiary/aromatic N) is 3. The molecule has 4 rings (SSSR count). The molecule has 4 nitrogen and oxygen atoms in total. The van der Waals surface area contributed by atoms with E-state index in [1.54, 1.807) is 18.4 Å². The predicted octanol–water partition coefficient (Wildman–Crippen LogP) is 3.93. The van der Waals surface area contributed by atoms with Crippen LogP contribution in [0.15, 0.2) is 42.7 Å². The van der Waals surface area contributed by atoms with Crippen LogP contribution in [0.4, 0.5) is 0 Å². The van der Waals surface area contributed by atoms with Gasteiger partial charge in [-0.2, -0.15) is 0 Å². The molecule has 0 saturated carbocycles. The van der Waals surface area contributed by atoms with Gasteiger partial charge in [0.15, 0.2) is 4.96 Å². The van der Waals surface area contributed by atoms with Gasteiger partial charge in [0, 0.05) is 18.0 Å². The first kappa shape index (κ1) is 12.3. The number of aryl methyl sites for hydroxylation is 1. The zero-order valence-corrected chi connectivity index (χ0v) is 12.5. The number of thiazole rings is 1. The average molecular weight is 295 g/mol. The molecule has 0 unspecified atom stereocenters. The molecule has 0 radical (unpaired) electrons. The normalized spacial score (nSPS) is 11.3. The molecule has 0 amide bonds. The maximum Gasteiger partial charge on any atom is 0.195 e. The monoisotopic (exact) mass is 295 g/mol. The van der Waals surface area contributed by atoms with E-state index in [2.05, 4.69) is 21.5 Å². The third-order valence-electron chi connectivity index (χ3n) is 3.58. The average Bonchev–Trinajstić information content (AvgIpc) is 3.01. The van der Waals surface area contributed by atoms with Gasteiger partial charge in [0.05, 0.1) is 28.7 Å². The van der Waals surface area contributed by atoms with E-state index in [-0.39, 0.29) is 0 Å². The van der Waals surface area contributed by atoms with E-state index >= 15 is 0 Å². The number of benzene rings is 1. The zero-order valence-electron chi connectivity index (χ0n) is 11.7. The fourth-order valence-electron chi connectivity index (χ4n) is 2.63. The Kier molecular flexibility index (Phi) is 2.68. The molecule has 104 valence electrons. The Labute approximate surface area is 125 Å². The van der Waals surface area contributed by atoms with Crippen LogP contribution >= 0.6 is 11.3 Å². The molecule has 5 heteroatoms. The Hall–Kier alpha value is -2.40. The summed E-state index contributed by atoms with van der Waals surface area (Å²) in [6, 6.07) is 10.2. The van der Waals surface area contributed by atoms with Gasteiger partial charge in [-0.3, -0.25) is 9.38 Å². The van der Waals surface area contributed by atoms with Crippen LogP contribution in [0.1, 0.15) is 5.69 Å². The van der Waals surface area contributed by atoms with Gasteiger partial charge in [0.2, 0.25) is 0 Å². The number of pyridine rings is 1. The van der Waals surface area contributed by atoms with Crippen molar-refractivity contribution in [1.82, 2.24) is 14.4 Å². The maximum atomic E-state index is 5.30. The van der Waals surface area contributed by atoms with Gasteiger partial charge in [-0.25, -0.2) is 4.98 Å². The molecule has 3 heterocycles. The molecule has 0 aliphatic carbocycles. The van der Waals surface area contributed by atoms with E-state index in [1.807, 2.05) is 37.5 Å². The van der Waals surface area contributed by atoms with E-state index < -0.39 is 0 Å². The van der Waals surface area contributed by atoms with Crippen molar-refractivity contribution in [1.29, 1.82) is 0 Å². The van der Waals surface area contributed by atoms with Crippen LogP contribution in [0.3, 0.4) is 0 Å². The minimum atomic E-state index is 0.870. The molecule has 0 fully saturated rings. The second-order valence-electron chi connectivity index (χ2n) is 4.84.